The van der Waals surface area contributed by atoms with E-state index in [0.717, 1.165) is 11.8 Å². The number of aromatic amines is 1. The zero-order valence-electron chi connectivity index (χ0n) is 13.7. The molecule has 1 aromatic heterocycles. The van der Waals surface area contributed by atoms with Gasteiger partial charge in [0.25, 0.3) is 0 Å². The summed E-state index contributed by atoms with van der Waals surface area (Å²) in [6.07, 6.45) is 3.22. The molecule has 1 rings (SSSR count). The summed E-state index contributed by atoms with van der Waals surface area (Å²) in [5, 5.41) is 13.5. The van der Waals surface area contributed by atoms with Crippen LogP contribution in [-0.4, -0.2) is 62.4 Å². The molecule has 138 valence electrons. The van der Waals surface area contributed by atoms with Crippen molar-refractivity contribution >= 4 is 34.7 Å². The molecule has 0 aliphatic rings. The van der Waals surface area contributed by atoms with Crippen molar-refractivity contribution in [3.63, 3.8) is 0 Å². The Morgan fingerprint density at radius 3 is 2.56 bits per heavy atom. The summed E-state index contributed by atoms with van der Waals surface area (Å²) in [6.45, 7) is 1.34. The van der Waals surface area contributed by atoms with E-state index < -0.39 is 29.1 Å². The number of H-pyrrole nitrogens is 1. The highest BCUT2D eigenvalue weighted by atomic mass is 32.2. The van der Waals surface area contributed by atoms with Crippen LogP contribution in [0.25, 0.3) is 0 Å². The van der Waals surface area contributed by atoms with Crippen LogP contribution in [-0.2, 0) is 25.6 Å². The minimum absolute atomic E-state index is 0.0705. The summed E-state index contributed by atoms with van der Waals surface area (Å²) in [4.78, 5) is 53.0. The lowest BCUT2D eigenvalue weighted by molar-refractivity contribution is -0.140. The Balaban J connectivity index is 2.71. The minimum Gasteiger partial charge on any atom is -0.480 e. The molecule has 0 aromatic carbocycles. The topological polar surface area (TPSA) is 167 Å². The first-order chi connectivity index (χ1) is 11.8. The number of hydrogen-bond donors (Lipinski definition) is 5. The molecule has 1 unspecified atom stereocenters. The first-order valence-corrected chi connectivity index (χ1v) is 8.45. The van der Waals surface area contributed by atoms with Gasteiger partial charge in [0.05, 0.1) is 6.33 Å². The number of rotatable bonds is 10. The molecular formula is C14H21N5O5S. The van der Waals surface area contributed by atoms with Gasteiger partial charge in [0, 0.05) is 44.0 Å². The Kier molecular flexibility index (Phi) is 8.64. The summed E-state index contributed by atoms with van der Waals surface area (Å²) < 4.78 is 0. The van der Waals surface area contributed by atoms with E-state index in [0.29, 0.717) is 5.69 Å². The highest BCUT2D eigenvalue weighted by molar-refractivity contribution is 8.13. The van der Waals surface area contributed by atoms with Crippen LogP contribution in [0, 0.1) is 0 Å². The van der Waals surface area contributed by atoms with E-state index in [9.17, 15) is 19.2 Å². The van der Waals surface area contributed by atoms with E-state index in [-0.39, 0.29) is 31.0 Å². The van der Waals surface area contributed by atoms with Crippen LogP contribution < -0.4 is 16.4 Å². The van der Waals surface area contributed by atoms with Gasteiger partial charge in [-0.1, -0.05) is 11.8 Å². The lowest BCUT2D eigenvalue weighted by Gasteiger charge is -2.18. The van der Waals surface area contributed by atoms with E-state index >= 15 is 0 Å². The molecule has 2 atom stereocenters. The Bertz CT molecular complexity index is 607. The van der Waals surface area contributed by atoms with Crippen molar-refractivity contribution in [2.45, 2.75) is 31.8 Å². The van der Waals surface area contributed by atoms with Gasteiger partial charge in [-0.3, -0.25) is 14.4 Å². The average Bonchev–Trinajstić information content (AvgIpc) is 3.03. The van der Waals surface area contributed by atoms with Crippen molar-refractivity contribution in [1.82, 2.24) is 20.6 Å². The lowest BCUT2D eigenvalue weighted by atomic mass is 10.2. The predicted octanol–water partition coefficient (Wildman–Crippen LogP) is -1.37. The summed E-state index contributed by atoms with van der Waals surface area (Å²) in [5.74, 6) is -2.28. The van der Waals surface area contributed by atoms with E-state index in [1.807, 2.05) is 0 Å². The Morgan fingerprint density at radius 2 is 2.04 bits per heavy atom. The van der Waals surface area contributed by atoms with Crippen LogP contribution in [0.5, 0.6) is 0 Å². The molecule has 0 radical (unpaired) electrons. The third-order valence-corrected chi connectivity index (χ3v) is 4.11. The van der Waals surface area contributed by atoms with Gasteiger partial charge in [-0.25, -0.2) is 9.78 Å². The second-order valence-corrected chi connectivity index (χ2v) is 6.19. The fourth-order valence-electron chi connectivity index (χ4n) is 1.89. The van der Waals surface area contributed by atoms with Crippen LogP contribution in [0.4, 0.5) is 0 Å². The van der Waals surface area contributed by atoms with Crippen molar-refractivity contribution in [2.24, 2.45) is 5.73 Å². The van der Waals surface area contributed by atoms with E-state index in [1.54, 1.807) is 0 Å². The van der Waals surface area contributed by atoms with Gasteiger partial charge < -0.3 is 26.5 Å². The number of carbonyl (C=O) groups is 4. The zero-order chi connectivity index (χ0) is 18.8. The Labute approximate surface area is 148 Å². The number of aliphatic carboxylic acids is 1. The van der Waals surface area contributed by atoms with Gasteiger partial charge in [0.1, 0.15) is 12.1 Å². The first-order valence-electron chi connectivity index (χ1n) is 7.46. The second kappa shape index (κ2) is 10.5. The average molecular weight is 371 g/mol. The van der Waals surface area contributed by atoms with Crippen molar-refractivity contribution < 1.29 is 24.3 Å². The number of imidazole rings is 1. The van der Waals surface area contributed by atoms with E-state index in [4.69, 9.17) is 10.8 Å². The number of carboxylic acid groups (broad SMARTS) is 1. The molecule has 0 bridgehead atoms. The summed E-state index contributed by atoms with van der Waals surface area (Å²) >= 11 is 0.730. The molecule has 11 heteroatoms. The highest BCUT2D eigenvalue weighted by Gasteiger charge is 2.25. The number of thioether (sulfide) groups is 1. The number of aromatic nitrogens is 2. The van der Waals surface area contributed by atoms with Gasteiger partial charge in [0.2, 0.25) is 16.9 Å². The van der Waals surface area contributed by atoms with Gasteiger partial charge in [-0.05, 0) is 0 Å². The summed E-state index contributed by atoms with van der Waals surface area (Å²) in [5.41, 5.74) is 5.97. The zero-order valence-corrected chi connectivity index (χ0v) is 14.5. The number of carboxylic acids is 1. The fraction of sp³-hybridized carbons (Fsp3) is 0.500. The largest absolute Gasteiger partial charge is 0.480 e. The van der Waals surface area contributed by atoms with Gasteiger partial charge in [0.15, 0.2) is 0 Å². The molecule has 0 fully saturated rings. The molecule has 6 N–H and O–H groups in total. The number of nitrogens with one attached hydrogen (secondary N) is 3. The van der Waals surface area contributed by atoms with Gasteiger partial charge >= 0.3 is 5.97 Å². The quantitative estimate of drug-likeness (QED) is 0.336. The molecule has 0 aliphatic heterocycles. The molecule has 1 aromatic rings. The summed E-state index contributed by atoms with van der Waals surface area (Å²) in [6, 6.07) is -2.06. The van der Waals surface area contributed by atoms with Crippen LogP contribution in [0.15, 0.2) is 12.5 Å². The van der Waals surface area contributed by atoms with E-state index in [1.165, 1.54) is 19.4 Å². The van der Waals surface area contributed by atoms with E-state index in [2.05, 4.69) is 20.6 Å². The molecular weight excluding hydrogens is 350 g/mol. The second-order valence-electron chi connectivity index (χ2n) is 5.16. The molecule has 1 heterocycles. The fourth-order valence-corrected chi connectivity index (χ4v) is 2.79. The smallest absolute Gasteiger partial charge is 0.327 e. The maximum Gasteiger partial charge on any atom is 0.327 e. The SMILES string of the molecule is CC(=O)NC(CSC(=O)[C@H](Cc1cnc[nH]1)NC(=O)CCN)C(=O)O. The Morgan fingerprint density at radius 1 is 1.32 bits per heavy atom. The number of carbonyl (C=O) groups excluding carboxylic acids is 3. The van der Waals surface area contributed by atoms with Crippen molar-refractivity contribution in [3.8, 4) is 0 Å². The standard InChI is InChI=1S/C14H21N5O5S/c1-8(20)18-11(13(22)23)6-25-14(24)10(19-12(21)2-3-15)4-9-5-16-7-17-9/h5,7,10-11H,2-4,6,15H2,1H3,(H,16,17)(H,18,20)(H,19,21)(H,22,23)/t10-,11?/m0/s1. The highest BCUT2D eigenvalue weighted by Crippen LogP contribution is 2.12. The third kappa shape index (κ3) is 7.81. The predicted molar refractivity (Wildman–Crippen MR) is 90.6 cm³/mol. The van der Waals surface area contributed by atoms with Crippen LogP contribution in [0.2, 0.25) is 0 Å². The van der Waals surface area contributed by atoms with Gasteiger partial charge in [-0.2, -0.15) is 0 Å². The van der Waals surface area contributed by atoms with Crippen molar-refractivity contribution in [3.05, 3.63) is 18.2 Å². The maximum absolute atomic E-state index is 12.4. The minimum atomic E-state index is -1.24. The Hall–Kier alpha value is -2.40. The number of nitrogens with zero attached hydrogens (tertiary/aromatic N) is 1. The lowest BCUT2D eigenvalue weighted by Crippen LogP contribution is -2.44. The van der Waals surface area contributed by atoms with Gasteiger partial charge in [-0.15, -0.1) is 0 Å². The molecule has 0 saturated heterocycles. The normalized spacial score (nSPS) is 12.9. The molecule has 0 saturated carbocycles. The van der Waals surface area contributed by atoms with Crippen molar-refractivity contribution in [1.29, 1.82) is 0 Å². The number of nitrogens with two attached hydrogens (primary N) is 1. The monoisotopic (exact) mass is 371 g/mol. The number of amides is 2. The molecule has 0 spiro atoms. The third-order valence-electron chi connectivity index (χ3n) is 3.04. The van der Waals surface area contributed by atoms with Crippen LogP contribution in [0.3, 0.4) is 0 Å². The first kappa shape index (κ1) is 20.6. The molecule has 10 nitrogen and oxygen atoms in total. The molecule has 2 amide bonds. The molecule has 0 aliphatic carbocycles. The van der Waals surface area contributed by atoms with Crippen molar-refractivity contribution in [2.75, 3.05) is 12.3 Å². The molecule has 25 heavy (non-hydrogen) atoms. The number of hydrogen-bond acceptors (Lipinski definition) is 7. The van der Waals surface area contributed by atoms with Crippen LogP contribution in [0.1, 0.15) is 19.0 Å². The van der Waals surface area contributed by atoms with Crippen LogP contribution >= 0.6 is 11.8 Å². The maximum atomic E-state index is 12.4. The summed E-state index contributed by atoms with van der Waals surface area (Å²) in [7, 11) is 0.